The minimum atomic E-state index is 0.866. The monoisotopic (exact) mass is 236 g/mol. The standard InChI is InChI=1S/C9H21N.C6H7N/c1-3-5-9(6-4-2)7-8-10;1-6-2-4-7-5-3-6/h9H,3-8,10H2,1-2H3;2-5H,1H3. The zero-order chi connectivity index (χ0) is 12.9. The molecule has 2 nitrogen and oxygen atoms in total. The Morgan fingerprint density at radius 2 is 1.59 bits per heavy atom. The molecule has 0 saturated heterocycles. The van der Waals surface area contributed by atoms with Gasteiger partial charge in [0.2, 0.25) is 0 Å². The summed E-state index contributed by atoms with van der Waals surface area (Å²) in [6, 6.07) is 3.94. The molecule has 0 spiro atoms. The van der Waals surface area contributed by atoms with Gasteiger partial charge in [-0.05, 0) is 43.5 Å². The molecular weight excluding hydrogens is 208 g/mol. The van der Waals surface area contributed by atoms with Gasteiger partial charge in [0.15, 0.2) is 0 Å². The van der Waals surface area contributed by atoms with Crippen LogP contribution in [0.1, 0.15) is 51.5 Å². The number of aromatic nitrogens is 1. The molecule has 0 unspecified atom stereocenters. The highest BCUT2D eigenvalue weighted by Crippen LogP contribution is 2.15. The molecule has 0 fully saturated rings. The van der Waals surface area contributed by atoms with Gasteiger partial charge in [0.1, 0.15) is 0 Å². The van der Waals surface area contributed by atoms with Gasteiger partial charge in [-0.3, -0.25) is 4.98 Å². The van der Waals surface area contributed by atoms with E-state index in [0.717, 1.165) is 12.5 Å². The molecule has 0 aliphatic carbocycles. The third-order valence-electron chi connectivity index (χ3n) is 2.82. The van der Waals surface area contributed by atoms with Crippen LogP contribution in [0, 0.1) is 12.8 Å². The summed E-state index contributed by atoms with van der Waals surface area (Å²) in [6.45, 7) is 7.41. The Morgan fingerprint density at radius 3 is 1.88 bits per heavy atom. The summed E-state index contributed by atoms with van der Waals surface area (Å²) >= 11 is 0. The van der Waals surface area contributed by atoms with Crippen molar-refractivity contribution in [3.63, 3.8) is 0 Å². The first kappa shape index (κ1) is 16.1. The first-order valence-corrected chi connectivity index (χ1v) is 6.81. The Bertz CT molecular complexity index is 232. The molecule has 1 heterocycles. The van der Waals surface area contributed by atoms with E-state index in [9.17, 15) is 0 Å². The molecule has 17 heavy (non-hydrogen) atoms. The summed E-state index contributed by atoms with van der Waals surface area (Å²) in [6.07, 6.45) is 10.2. The molecule has 0 aromatic carbocycles. The summed E-state index contributed by atoms with van der Waals surface area (Å²) in [4.78, 5) is 3.85. The minimum Gasteiger partial charge on any atom is -0.330 e. The average Bonchev–Trinajstić information content (AvgIpc) is 2.32. The third kappa shape index (κ3) is 10.0. The highest BCUT2D eigenvalue weighted by atomic mass is 14.6. The predicted octanol–water partition coefficient (Wildman–Crippen LogP) is 3.94. The summed E-state index contributed by atoms with van der Waals surface area (Å²) < 4.78 is 0. The zero-order valence-corrected chi connectivity index (χ0v) is 11.7. The van der Waals surface area contributed by atoms with E-state index in [1.807, 2.05) is 19.1 Å². The summed E-state index contributed by atoms with van der Waals surface area (Å²) in [5.41, 5.74) is 6.75. The molecule has 1 aromatic heterocycles. The minimum absolute atomic E-state index is 0.866. The number of aryl methyl sites for hydroxylation is 1. The fourth-order valence-electron chi connectivity index (χ4n) is 1.91. The van der Waals surface area contributed by atoms with Crippen molar-refractivity contribution in [1.29, 1.82) is 0 Å². The highest BCUT2D eigenvalue weighted by Gasteiger charge is 2.03. The molecule has 0 radical (unpaired) electrons. The normalized spacial score (nSPS) is 9.94. The summed E-state index contributed by atoms with van der Waals surface area (Å²) in [7, 11) is 0. The van der Waals surface area contributed by atoms with E-state index in [1.54, 1.807) is 12.4 Å². The van der Waals surface area contributed by atoms with Crippen molar-refractivity contribution in [2.45, 2.75) is 52.9 Å². The predicted molar refractivity (Wildman–Crippen MR) is 76.0 cm³/mol. The molecule has 2 N–H and O–H groups in total. The quantitative estimate of drug-likeness (QED) is 0.812. The van der Waals surface area contributed by atoms with E-state index >= 15 is 0 Å². The number of hydrogen-bond donors (Lipinski definition) is 1. The average molecular weight is 236 g/mol. The van der Waals surface area contributed by atoms with Crippen LogP contribution in [0.4, 0.5) is 0 Å². The maximum Gasteiger partial charge on any atom is 0.0270 e. The number of nitrogens with zero attached hydrogens (tertiary/aromatic N) is 1. The van der Waals surface area contributed by atoms with Gasteiger partial charge < -0.3 is 5.73 Å². The first-order chi connectivity index (χ1) is 8.24. The molecule has 1 rings (SSSR count). The zero-order valence-electron chi connectivity index (χ0n) is 11.7. The van der Waals surface area contributed by atoms with Gasteiger partial charge in [0.05, 0.1) is 0 Å². The number of pyridine rings is 1. The van der Waals surface area contributed by atoms with Crippen LogP contribution in [0.2, 0.25) is 0 Å². The van der Waals surface area contributed by atoms with Crippen molar-refractivity contribution in [3.05, 3.63) is 30.1 Å². The Labute approximate surface area is 107 Å². The number of rotatable bonds is 6. The maximum absolute atomic E-state index is 5.49. The van der Waals surface area contributed by atoms with Crippen LogP contribution in [0.5, 0.6) is 0 Å². The van der Waals surface area contributed by atoms with E-state index in [2.05, 4.69) is 18.8 Å². The fourth-order valence-corrected chi connectivity index (χ4v) is 1.91. The van der Waals surface area contributed by atoms with Gasteiger partial charge in [-0.15, -0.1) is 0 Å². The van der Waals surface area contributed by atoms with Crippen molar-refractivity contribution in [3.8, 4) is 0 Å². The van der Waals surface area contributed by atoms with Crippen molar-refractivity contribution < 1.29 is 0 Å². The van der Waals surface area contributed by atoms with Crippen molar-refractivity contribution in [2.24, 2.45) is 11.7 Å². The number of hydrogen-bond acceptors (Lipinski definition) is 2. The van der Waals surface area contributed by atoms with E-state index in [4.69, 9.17) is 5.73 Å². The molecule has 0 bridgehead atoms. The Morgan fingerprint density at radius 1 is 1.06 bits per heavy atom. The van der Waals surface area contributed by atoms with Gasteiger partial charge in [0, 0.05) is 12.4 Å². The Balaban J connectivity index is 0.000000318. The van der Waals surface area contributed by atoms with Gasteiger partial charge in [0.25, 0.3) is 0 Å². The van der Waals surface area contributed by atoms with E-state index in [1.165, 1.54) is 37.7 Å². The SMILES string of the molecule is CCCC(CCC)CCN.Cc1ccncc1. The lowest BCUT2D eigenvalue weighted by Gasteiger charge is -2.12. The molecule has 2 heteroatoms. The van der Waals surface area contributed by atoms with E-state index in [0.29, 0.717) is 0 Å². The van der Waals surface area contributed by atoms with Crippen LogP contribution in [0.3, 0.4) is 0 Å². The number of nitrogens with two attached hydrogens (primary N) is 1. The second kappa shape index (κ2) is 11.6. The third-order valence-corrected chi connectivity index (χ3v) is 2.82. The van der Waals surface area contributed by atoms with Crippen LogP contribution < -0.4 is 5.73 Å². The van der Waals surface area contributed by atoms with Crippen LogP contribution in [-0.4, -0.2) is 11.5 Å². The molecule has 0 atom stereocenters. The smallest absolute Gasteiger partial charge is 0.0270 e. The lowest BCUT2D eigenvalue weighted by atomic mass is 9.95. The molecule has 1 aromatic rings. The largest absolute Gasteiger partial charge is 0.330 e. The van der Waals surface area contributed by atoms with E-state index in [-0.39, 0.29) is 0 Å². The highest BCUT2D eigenvalue weighted by molar-refractivity contribution is 5.05. The van der Waals surface area contributed by atoms with Gasteiger partial charge >= 0.3 is 0 Å². The second-order valence-electron chi connectivity index (χ2n) is 4.55. The van der Waals surface area contributed by atoms with Crippen LogP contribution in [0.15, 0.2) is 24.5 Å². The van der Waals surface area contributed by atoms with Crippen LogP contribution >= 0.6 is 0 Å². The second-order valence-corrected chi connectivity index (χ2v) is 4.55. The molecule has 0 aliphatic heterocycles. The van der Waals surface area contributed by atoms with Crippen molar-refractivity contribution in [1.82, 2.24) is 4.98 Å². The summed E-state index contributed by atoms with van der Waals surface area (Å²) in [5, 5.41) is 0. The molecular formula is C15H28N2. The first-order valence-electron chi connectivity index (χ1n) is 6.81. The topological polar surface area (TPSA) is 38.9 Å². The maximum atomic E-state index is 5.49. The van der Waals surface area contributed by atoms with E-state index < -0.39 is 0 Å². The van der Waals surface area contributed by atoms with Gasteiger partial charge in [-0.1, -0.05) is 39.5 Å². The summed E-state index contributed by atoms with van der Waals surface area (Å²) in [5.74, 6) is 0.903. The lowest BCUT2D eigenvalue weighted by Crippen LogP contribution is -2.08. The van der Waals surface area contributed by atoms with Crippen molar-refractivity contribution >= 4 is 0 Å². The molecule has 0 amide bonds. The van der Waals surface area contributed by atoms with Crippen LogP contribution in [0.25, 0.3) is 0 Å². The molecule has 0 aliphatic rings. The van der Waals surface area contributed by atoms with Crippen molar-refractivity contribution in [2.75, 3.05) is 6.54 Å². The molecule has 0 saturated carbocycles. The molecule has 98 valence electrons. The Kier molecular flexibility index (Phi) is 11.0. The van der Waals surface area contributed by atoms with Crippen LogP contribution in [-0.2, 0) is 0 Å². The van der Waals surface area contributed by atoms with Gasteiger partial charge in [-0.2, -0.15) is 0 Å². The lowest BCUT2D eigenvalue weighted by molar-refractivity contribution is 0.417. The van der Waals surface area contributed by atoms with Gasteiger partial charge in [-0.25, -0.2) is 0 Å². The Hall–Kier alpha value is -0.890. The fraction of sp³-hybridized carbons (Fsp3) is 0.667.